The van der Waals surface area contributed by atoms with Gasteiger partial charge in [-0.05, 0) is 41.1 Å². The van der Waals surface area contributed by atoms with Crippen LogP contribution < -0.4 is 10.2 Å². The van der Waals surface area contributed by atoms with Crippen LogP contribution in [0.15, 0.2) is 72.8 Å². The number of fused-ring (bicyclic) bond motifs is 1. The number of anilines is 2. The molecule has 0 atom stereocenters. The molecule has 5 rings (SSSR count). The van der Waals surface area contributed by atoms with Gasteiger partial charge in [0, 0.05) is 43.5 Å². The molecule has 166 valence electrons. The van der Waals surface area contributed by atoms with Gasteiger partial charge in [-0.2, -0.15) is 0 Å². The van der Waals surface area contributed by atoms with Crippen LogP contribution in [-0.4, -0.2) is 47.3 Å². The van der Waals surface area contributed by atoms with Gasteiger partial charge in [-0.25, -0.2) is 13.6 Å². The molecule has 3 aromatic carbocycles. The Kier molecular flexibility index (Phi) is 5.56. The van der Waals surface area contributed by atoms with Gasteiger partial charge < -0.3 is 15.1 Å². The predicted molar refractivity (Wildman–Crippen MR) is 124 cm³/mol. The topological polar surface area (TPSA) is 61.4 Å². The second-order valence-corrected chi connectivity index (χ2v) is 7.87. The van der Waals surface area contributed by atoms with Crippen LogP contribution in [0.2, 0.25) is 0 Å². The first-order chi connectivity index (χ1) is 16.1. The minimum absolute atomic E-state index is 0.219. The summed E-state index contributed by atoms with van der Waals surface area (Å²) in [6.07, 6.45) is 0. The molecule has 1 aliphatic rings. The second kappa shape index (κ2) is 8.82. The maximum absolute atomic E-state index is 13.4. The number of halogens is 2. The van der Waals surface area contributed by atoms with E-state index in [-0.39, 0.29) is 11.7 Å². The van der Waals surface area contributed by atoms with Crippen molar-refractivity contribution in [3.8, 4) is 11.3 Å². The molecule has 0 bridgehead atoms. The highest BCUT2D eigenvalue weighted by atomic mass is 19.2. The van der Waals surface area contributed by atoms with Crippen LogP contribution in [0, 0.1) is 11.6 Å². The minimum atomic E-state index is -0.997. The van der Waals surface area contributed by atoms with Gasteiger partial charge in [0.25, 0.3) is 0 Å². The van der Waals surface area contributed by atoms with Gasteiger partial charge >= 0.3 is 6.03 Å². The van der Waals surface area contributed by atoms with Crippen LogP contribution in [0.4, 0.5) is 25.1 Å². The maximum Gasteiger partial charge on any atom is 0.321 e. The number of carbonyl (C=O) groups excluding carboxylic acids is 1. The molecule has 1 aliphatic heterocycles. The summed E-state index contributed by atoms with van der Waals surface area (Å²) in [7, 11) is 0. The van der Waals surface area contributed by atoms with Crippen LogP contribution in [0.25, 0.3) is 22.0 Å². The first-order valence-electron chi connectivity index (χ1n) is 10.7. The summed E-state index contributed by atoms with van der Waals surface area (Å²) >= 11 is 0. The average Bonchev–Trinajstić information content (AvgIpc) is 2.86. The summed E-state index contributed by atoms with van der Waals surface area (Å²) in [5.41, 5.74) is 2.02. The second-order valence-electron chi connectivity index (χ2n) is 7.87. The summed E-state index contributed by atoms with van der Waals surface area (Å²) < 4.78 is 26.4. The van der Waals surface area contributed by atoms with Crippen molar-refractivity contribution in [1.82, 2.24) is 15.1 Å². The highest BCUT2D eigenvalue weighted by Crippen LogP contribution is 2.24. The molecular formula is C25H21F2N5O. The van der Waals surface area contributed by atoms with Crippen molar-refractivity contribution in [3.63, 3.8) is 0 Å². The molecule has 0 saturated carbocycles. The van der Waals surface area contributed by atoms with Crippen LogP contribution in [0.1, 0.15) is 0 Å². The minimum Gasteiger partial charge on any atom is -0.352 e. The molecule has 1 fully saturated rings. The van der Waals surface area contributed by atoms with E-state index in [0.717, 1.165) is 34.6 Å². The quantitative estimate of drug-likeness (QED) is 0.486. The van der Waals surface area contributed by atoms with Gasteiger partial charge in [-0.3, -0.25) is 0 Å². The molecule has 4 aromatic rings. The average molecular weight is 445 g/mol. The summed E-state index contributed by atoms with van der Waals surface area (Å²) in [6.45, 7) is 2.14. The molecule has 0 radical (unpaired) electrons. The van der Waals surface area contributed by atoms with Crippen LogP contribution >= 0.6 is 0 Å². The van der Waals surface area contributed by atoms with Crippen molar-refractivity contribution in [2.75, 3.05) is 36.4 Å². The number of piperazine rings is 1. The fraction of sp³-hybridized carbons (Fsp3) is 0.160. The molecular weight excluding hydrogens is 424 g/mol. The highest BCUT2D eigenvalue weighted by molar-refractivity contribution is 5.89. The Hall–Kier alpha value is -4.07. The third kappa shape index (κ3) is 4.45. The Bertz CT molecular complexity index is 1300. The Morgan fingerprint density at radius 1 is 0.788 bits per heavy atom. The van der Waals surface area contributed by atoms with Crippen molar-refractivity contribution in [2.24, 2.45) is 0 Å². The lowest BCUT2D eigenvalue weighted by Gasteiger charge is -2.35. The lowest BCUT2D eigenvalue weighted by atomic mass is 10.1. The summed E-state index contributed by atoms with van der Waals surface area (Å²) in [5, 5.41) is 13.7. The van der Waals surface area contributed by atoms with Crippen molar-refractivity contribution >= 4 is 28.3 Å². The molecule has 2 heterocycles. The fourth-order valence-corrected chi connectivity index (χ4v) is 3.91. The van der Waals surface area contributed by atoms with Gasteiger partial charge in [0.15, 0.2) is 17.5 Å². The number of benzene rings is 3. The van der Waals surface area contributed by atoms with E-state index in [2.05, 4.69) is 44.7 Å². The number of carbonyl (C=O) groups is 1. The monoisotopic (exact) mass is 445 g/mol. The lowest BCUT2D eigenvalue weighted by Crippen LogP contribution is -2.50. The van der Waals surface area contributed by atoms with Crippen molar-refractivity contribution < 1.29 is 13.6 Å². The van der Waals surface area contributed by atoms with Crippen molar-refractivity contribution in [2.45, 2.75) is 0 Å². The molecule has 2 amide bonds. The Morgan fingerprint density at radius 2 is 1.58 bits per heavy atom. The SMILES string of the molecule is O=C(Nc1ccc(F)c(F)c1)N1CCN(c2ccc(-c3ccc4ccccc4c3)nn2)CC1. The third-order valence-electron chi connectivity index (χ3n) is 5.76. The Balaban J connectivity index is 1.21. The first kappa shape index (κ1) is 20.8. The third-order valence-corrected chi connectivity index (χ3v) is 5.76. The summed E-state index contributed by atoms with van der Waals surface area (Å²) in [6, 6.07) is 21.2. The molecule has 0 spiro atoms. The zero-order chi connectivity index (χ0) is 22.8. The number of urea groups is 1. The van der Waals surface area contributed by atoms with Gasteiger partial charge in [0.05, 0.1) is 5.69 Å². The highest BCUT2D eigenvalue weighted by Gasteiger charge is 2.22. The van der Waals surface area contributed by atoms with E-state index in [1.54, 1.807) is 4.90 Å². The van der Waals surface area contributed by atoms with Gasteiger partial charge in [0.2, 0.25) is 0 Å². The van der Waals surface area contributed by atoms with E-state index < -0.39 is 11.6 Å². The van der Waals surface area contributed by atoms with E-state index in [9.17, 15) is 13.6 Å². The Morgan fingerprint density at radius 3 is 2.30 bits per heavy atom. The molecule has 1 aromatic heterocycles. The standard InChI is InChI=1S/C25H21F2N5O/c26-21-8-7-20(16-22(21)27)28-25(33)32-13-11-31(12-14-32)24-10-9-23(29-30-24)19-6-5-17-3-1-2-4-18(17)15-19/h1-10,15-16H,11-14H2,(H,28,33). The Labute approximate surface area is 189 Å². The molecule has 1 N–H and O–H groups in total. The van der Waals surface area contributed by atoms with Gasteiger partial charge in [0.1, 0.15) is 0 Å². The number of nitrogens with one attached hydrogen (secondary N) is 1. The van der Waals surface area contributed by atoms with E-state index >= 15 is 0 Å². The summed E-state index contributed by atoms with van der Waals surface area (Å²) in [4.78, 5) is 16.2. The van der Waals surface area contributed by atoms with E-state index in [4.69, 9.17) is 0 Å². The summed E-state index contributed by atoms with van der Waals surface area (Å²) in [5.74, 6) is -1.20. The number of rotatable bonds is 3. The largest absolute Gasteiger partial charge is 0.352 e. The molecule has 1 saturated heterocycles. The molecule has 33 heavy (non-hydrogen) atoms. The van der Waals surface area contributed by atoms with Crippen molar-refractivity contribution in [1.29, 1.82) is 0 Å². The first-order valence-corrected chi connectivity index (χ1v) is 10.7. The predicted octanol–water partition coefficient (Wildman–Crippen LogP) is 4.93. The van der Waals surface area contributed by atoms with E-state index in [0.29, 0.717) is 26.2 Å². The number of hydrogen-bond donors (Lipinski definition) is 1. The number of hydrogen-bond acceptors (Lipinski definition) is 4. The molecule has 6 nitrogen and oxygen atoms in total. The fourth-order valence-electron chi connectivity index (χ4n) is 3.91. The number of amides is 2. The maximum atomic E-state index is 13.4. The zero-order valence-electron chi connectivity index (χ0n) is 17.7. The van der Waals surface area contributed by atoms with E-state index in [1.807, 2.05) is 30.3 Å². The van der Waals surface area contributed by atoms with Crippen LogP contribution in [0.3, 0.4) is 0 Å². The van der Waals surface area contributed by atoms with Gasteiger partial charge in [-0.15, -0.1) is 10.2 Å². The number of aromatic nitrogens is 2. The van der Waals surface area contributed by atoms with Crippen molar-refractivity contribution in [3.05, 3.63) is 84.4 Å². The van der Waals surface area contributed by atoms with E-state index in [1.165, 1.54) is 11.5 Å². The molecule has 0 unspecified atom stereocenters. The zero-order valence-corrected chi connectivity index (χ0v) is 17.7. The van der Waals surface area contributed by atoms with Crippen LogP contribution in [0.5, 0.6) is 0 Å². The number of nitrogens with zero attached hydrogens (tertiary/aromatic N) is 4. The molecule has 0 aliphatic carbocycles. The normalized spacial score (nSPS) is 13.9. The lowest BCUT2D eigenvalue weighted by molar-refractivity contribution is 0.208. The van der Waals surface area contributed by atoms with Gasteiger partial charge in [-0.1, -0.05) is 36.4 Å². The van der Waals surface area contributed by atoms with Crippen LogP contribution in [-0.2, 0) is 0 Å². The smallest absolute Gasteiger partial charge is 0.321 e. The molecule has 8 heteroatoms.